The zero-order valence-corrected chi connectivity index (χ0v) is 9.83. The molecule has 14 heavy (non-hydrogen) atoms. The molecule has 1 aliphatic rings. The van der Waals surface area contributed by atoms with Crippen LogP contribution in [0.2, 0.25) is 0 Å². The molecule has 0 heterocycles. The third kappa shape index (κ3) is 2.48. The van der Waals surface area contributed by atoms with Crippen molar-refractivity contribution in [2.45, 2.75) is 52.1 Å². The Morgan fingerprint density at radius 2 is 1.93 bits per heavy atom. The minimum atomic E-state index is 0.0561. The molecule has 0 bridgehead atoms. The van der Waals surface area contributed by atoms with Crippen LogP contribution in [0, 0.1) is 23.2 Å². The molecule has 0 spiro atoms. The van der Waals surface area contributed by atoms with Crippen molar-refractivity contribution >= 4 is 0 Å². The summed E-state index contributed by atoms with van der Waals surface area (Å²) in [4.78, 5) is 2.24. The molecule has 1 fully saturated rings. The van der Waals surface area contributed by atoms with Gasteiger partial charge in [0.25, 0.3) is 0 Å². The first-order valence-electron chi connectivity index (χ1n) is 5.67. The van der Waals surface area contributed by atoms with Gasteiger partial charge in [0.1, 0.15) is 0 Å². The molecule has 2 heteroatoms. The number of hydrogen-bond acceptors (Lipinski definition) is 2. The smallest absolute Gasteiger partial charge is 0.0949 e. The van der Waals surface area contributed by atoms with Gasteiger partial charge in [0, 0.05) is 6.04 Å². The summed E-state index contributed by atoms with van der Waals surface area (Å²) in [6.45, 7) is 6.67. The second-order valence-electron chi connectivity index (χ2n) is 4.89. The van der Waals surface area contributed by atoms with Gasteiger partial charge in [-0.15, -0.1) is 0 Å². The van der Waals surface area contributed by atoms with Gasteiger partial charge in [-0.1, -0.05) is 13.8 Å². The molecule has 0 amide bonds. The van der Waals surface area contributed by atoms with Crippen molar-refractivity contribution in [3.63, 3.8) is 0 Å². The van der Waals surface area contributed by atoms with E-state index in [1.54, 1.807) is 0 Å². The summed E-state index contributed by atoms with van der Waals surface area (Å²) in [7, 11) is 2.08. The molecule has 0 N–H and O–H groups in total. The Hall–Kier alpha value is -0.550. The van der Waals surface area contributed by atoms with Crippen LogP contribution in [-0.4, -0.2) is 24.0 Å². The molecule has 0 aromatic carbocycles. The van der Waals surface area contributed by atoms with Crippen LogP contribution in [0.4, 0.5) is 0 Å². The number of hydrogen-bond donors (Lipinski definition) is 0. The first kappa shape index (κ1) is 11.5. The molecule has 0 radical (unpaired) electrons. The average Bonchev–Trinajstić information content (AvgIpc) is 2.20. The fourth-order valence-corrected chi connectivity index (χ4v) is 2.30. The van der Waals surface area contributed by atoms with E-state index in [1.807, 2.05) is 6.92 Å². The minimum Gasteiger partial charge on any atom is -0.288 e. The predicted molar refractivity (Wildman–Crippen MR) is 58.8 cm³/mol. The van der Waals surface area contributed by atoms with E-state index in [9.17, 15) is 0 Å². The van der Waals surface area contributed by atoms with Crippen molar-refractivity contribution in [1.82, 2.24) is 4.90 Å². The van der Waals surface area contributed by atoms with Crippen LogP contribution < -0.4 is 0 Å². The van der Waals surface area contributed by atoms with Gasteiger partial charge in [0.15, 0.2) is 0 Å². The van der Waals surface area contributed by atoms with Gasteiger partial charge in [-0.3, -0.25) is 4.90 Å². The molecule has 1 rings (SSSR count). The van der Waals surface area contributed by atoms with Crippen LogP contribution in [0.5, 0.6) is 0 Å². The van der Waals surface area contributed by atoms with Gasteiger partial charge < -0.3 is 0 Å². The highest BCUT2D eigenvalue weighted by Gasteiger charge is 2.28. The summed E-state index contributed by atoms with van der Waals surface area (Å²) in [5.41, 5.74) is 0. The van der Waals surface area contributed by atoms with Gasteiger partial charge in [0.05, 0.1) is 12.1 Å². The Balaban J connectivity index is 2.51. The van der Waals surface area contributed by atoms with Crippen LogP contribution in [0.15, 0.2) is 0 Å². The summed E-state index contributed by atoms with van der Waals surface area (Å²) in [6.07, 6.45) is 3.83. The van der Waals surface area contributed by atoms with Crippen molar-refractivity contribution in [1.29, 1.82) is 5.26 Å². The molecule has 4 atom stereocenters. The van der Waals surface area contributed by atoms with Crippen LogP contribution in [0.3, 0.4) is 0 Å². The number of rotatable bonds is 2. The zero-order valence-electron chi connectivity index (χ0n) is 9.83. The lowest BCUT2D eigenvalue weighted by Gasteiger charge is -2.38. The lowest BCUT2D eigenvalue weighted by Crippen LogP contribution is -2.42. The second kappa shape index (κ2) is 4.79. The molecule has 4 unspecified atom stereocenters. The first-order valence-corrected chi connectivity index (χ1v) is 5.67. The molecule has 2 nitrogen and oxygen atoms in total. The van der Waals surface area contributed by atoms with Crippen molar-refractivity contribution in [2.24, 2.45) is 11.8 Å². The Labute approximate surface area is 87.9 Å². The molecule has 1 aliphatic carbocycles. The minimum absolute atomic E-state index is 0.0561. The Morgan fingerprint density at radius 1 is 1.29 bits per heavy atom. The highest BCUT2D eigenvalue weighted by molar-refractivity contribution is 4.91. The van der Waals surface area contributed by atoms with Gasteiger partial charge in [-0.05, 0) is 45.1 Å². The van der Waals surface area contributed by atoms with Crippen molar-refractivity contribution < 1.29 is 0 Å². The third-order valence-electron chi connectivity index (χ3n) is 3.94. The van der Waals surface area contributed by atoms with E-state index in [0.717, 1.165) is 11.8 Å². The maximum atomic E-state index is 8.86. The van der Waals surface area contributed by atoms with Crippen LogP contribution in [0.1, 0.15) is 40.0 Å². The van der Waals surface area contributed by atoms with Crippen LogP contribution in [0.25, 0.3) is 0 Å². The fourth-order valence-electron chi connectivity index (χ4n) is 2.30. The van der Waals surface area contributed by atoms with Crippen molar-refractivity contribution in [3.8, 4) is 6.07 Å². The van der Waals surface area contributed by atoms with Gasteiger partial charge >= 0.3 is 0 Å². The lowest BCUT2D eigenvalue weighted by molar-refractivity contribution is 0.119. The summed E-state index contributed by atoms with van der Waals surface area (Å²) in [5.74, 6) is 1.67. The molecule has 0 aromatic rings. The van der Waals surface area contributed by atoms with E-state index in [4.69, 9.17) is 5.26 Å². The number of nitriles is 1. The molecule has 0 aromatic heterocycles. The quantitative estimate of drug-likeness (QED) is 0.675. The van der Waals surface area contributed by atoms with E-state index in [2.05, 4.69) is 31.9 Å². The lowest BCUT2D eigenvalue weighted by atomic mass is 9.78. The molecular formula is C12H22N2. The molecular weight excluding hydrogens is 172 g/mol. The molecule has 80 valence electrons. The van der Waals surface area contributed by atoms with Gasteiger partial charge in [0.2, 0.25) is 0 Å². The normalized spacial score (nSPS) is 35.3. The average molecular weight is 194 g/mol. The highest BCUT2D eigenvalue weighted by Crippen LogP contribution is 2.32. The van der Waals surface area contributed by atoms with Crippen LogP contribution in [-0.2, 0) is 0 Å². The van der Waals surface area contributed by atoms with E-state index < -0.39 is 0 Å². The highest BCUT2D eigenvalue weighted by atomic mass is 15.2. The third-order valence-corrected chi connectivity index (χ3v) is 3.94. The SMILES string of the molecule is CC1CCC(N(C)C(C)C#N)CC1C. The molecule has 0 aliphatic heterocycles. The van der Waals surface area contributed by atoms with E-state index in [0.29, 0.717) is 6.04 Å². The predicted octanol–water partition coefficient (Wildman–Crippen LogP) is 2.65. The summed E-state index contributed by atoms with van der Waals surface area (Å²) >= 11 is 0. The summed E-state index contributed by atoms with van der Waals surface area (Å²) in [6, 6.07) is 2.99. The molecule has 0 saturated heterocycles. The Morgan fingerprint density at radius 3 is 2.43 bits per heavy atom. The Bertz CT molecular complexity index is 219. The van der Waals surface area contributed by atoms with Crippen LogP contribution >= 0.6 is 0 Å². The standard InChI is InChI=1S/C12H22N2/c1-9-5-6-12(7-10(9)2)14(4)11(3)8-13/h9-12H,5-7H2,1-4H3. The van der Waals surface area contributed by atoms with E-state index in [1.165, 1.54) is 19.3 Å². The zero-order chi connectivity index (χ0) is 10.7. The van der Waals surface area contributed by atoms with Crippen molar-refractivity contribution in [2.75, 3.05) is 7.05 Å². The maximum absolute atomic E-state index is 8.86. The fraction of sp³-hybridized carbons (Fsp3) is 0.917. The van der Waals surface area contributed by atoms with Gasteiger partial charge in [-0.2, -0.15) is 5.26 Å². The largest absolute Gasteiger partial charge is 0.288 e. The van der Waals surface area contributed by atoms with Crippen molar-refractivity contribution in [3.05, 3.63) is 0 Å². The summed E-state index contributed by atoms with van der Waals surface area (Å²) < 4.78 is 0. The number of nitrogens with zero attached hydrogens (tertiary/aromatic N) is 2. The second-order valence-corrected chi connectivity index (χ2v) is 4.89. The first-order chi connectivity index (χ1) is 6.56. The maximum Gasteiger partial charge on any atom is 0.0949 e. The van der Waals surface area contributed by atoms with E-state index >= 15 is 0 Å². The Kier molecular flexibility index (Phi) is 3.95. The van der Waals surface area contributed by atoms with E-state index in [-0.39, 0.29) is 6.04 Å². The topological polar surface area (TPSA) is 27.0 Å². The molecule has 1 saturated carbocycles. The monoisotopic (exact) mass is 194 g/mol. The van der Waals surface area contributed by atoms with Gasteiger partial charge in [-0.25, -0.2) is 0 Å². The summed E-state index contributed by atoms with van der Waals surface area (Å²) in [5, 5.41) is 8.86.